The SMILES string of the molecule is CCOc1cccc(C(C)(N)c2cccc(OC)c2)c1. The van der Waals surface area contributed by atoms with Crippen molar-refractivity contribution in [1.82, 2.24) is 0 Å². The molecule has 2 aromatic rings. The van der Waals surface area contributed by atoms with E-state index in [1.54, 1.807) is 7.11 Å². The molecule has 2 rings (SSSR count). The van der Waals surface area contributed by atoms with Gasteiger partial charge in [-0.2, -0.15) is 0 Å². The van der Waals surface area contributed by atoms with Crippen molar-refractivity contribution in [3.05, 3.63) is 59.7 Å². The van der Waals surface area contributed by atoms with Crippen LogP contribution in [0.5, 0.6) is 11.5 Å². The van der Waals surface area contributed by atoms with Gasteiger partial charge in [0.25, 0.3) is 0 Å². The lowest BCUT2D eigenvalue weighted by molar-refractivity contribution is 0.339. The standard InChI is InChI=1S/C17H21NO2/c1-4-20-16-10-6-8-14(12-16)17(2,18)13-7-5-9-15(11-13)19-3/h5-12H,4,18H2,1-3H3. The molecule has 0 spiro atoms. The van der Waals surface area contributed by atoms with Crippen LogP contribution in [0.4, 0.5) is 0 Å². The van der Waals surface area contributed by atoms with Gasteiger partial charge in [-0.15, -0.1) is 0 Å². The topological polar surface area (TPSA) is 44.5 Å². The number of nitrogens with two attached hydrogens (primary N) is 1. The third kappa shape index (κ3) is 2.94. The van der Waals surface area contributed by atoms with E-state index in [0.717, 1.165) is 22.6 Å². The summed E-state index contributed by atoms with van der Waals surface area (Å²) >= 11 is 0. The number of hydrogen-bond donors (Lipinski definition) is 1. The molecule has 0 aliphatic heterocycles. The van der Waals surface area contributed by atoms with Crippen molar-refractivity contribution in [1.29, 1.82) is 0 Å². The quantitative estimate of drug-likeness (QED) is 0.907. The Morgan fingerprint density at radius 3 is 2.10 bits per heavy atom. The zero-order valence-corrected chi connectivity index (χ0v) is 12.2. The lowest BCUT2D eigenvalue weighted by atomic mass is 9.85. The third-order valence-corrected chi connectivity index (χ3v) is 3.41. The van der Waals surface area contributed by atoms with Crippen molar-refractivity contribution >= 4 is 0 Å². The smallest absolute Gasteiger partial charge is 0.119 e. The first-order valence-corrected chi connectivity index (χ1v) is 6.74. The lowest BCUT2D eigenvalue weighted by Gasteiger charge is -2.26. The number of hydrogen-bond acceptors (Lipinski definition) is 3. The summed E-state index contributed by atoms with van der Waals surface area (Å²) in [5.41, 5.74) is 7.96. The van der Waals surface area contributed by atoms with Gasteiger partial charge < -0.3 is 15.2 Å². The van der Waals surface area contributed by atoms with E-state index in [-0.39, 0.29) is 0 Å². The number of ether oxygens (including phenoxy) is 2. The summed E-state index contributed by atoms with van der Waals surface area (Å²) in [6.07, 6.45) is 0. The summed E-state index contributed by atoms with van der Waals surface area (Å²) in [5, 5.41) is 0. The Morgan fingerprint density at radius 2 is 1.55 bits per heavy atom. The van der Waals surface area contributed by atoms with Crippen LogP contribution in [-0.4, -0.2) is 13.7 Å². The van der Waals surface area contributed by atoms with Crippen LogP contribution in [-0.2, 0) is 5.54 Å². The molecule has 0 amide bonds. The summed E-state index contributed by atoms with van der Waals surface area (Å²) in [7, 11) is 1.66. The van der Waals surface area contributed by atoms with Gasteiger partial charge in [-0.05, 0) is 49.2 Å². The lowest BCUT2D eigenvalue weighted by Crippen LogP contribution is -2.34. The van der Waals surface area contributed by atoms with Crippen LogP contribution in [0.25, 0.3) is 0 Å². The Morgan fingerprint density at radius 1 is 1.00 bits per heavy atom. The predicted molar refractivity (Wildman–Crippen MR) is 81.2 cm³/mol. The molecule has 0 saturated heterocycles. The Balaban J connectivity index is 2.40. The first kappa shape index (κ1) is 14.4. The summed E-state index contributed by atoms with van der Waals surface area (Å²) in [6.45, 7) is 4.60. The molecule has 2 N–H and O–H groups in total. The van der Waals surface area contributed by atoms with Gasteiger partial charge in [-0.1, -0.05) is 24.3 Å². The van der Waals surface area contributed by atoms with E-state index >= 15 is 0 Å². The Bertz CT molecular complexity index is 579. The summed E-state index contributed by atoms with van der Waals surface area (Å²) in [4.78, 5) is 0. The third-order valence-electron chi connectivity index (χ3n) is 3.41. The zero-order chi connectivity index (χ0) is 14.6. The van der Waals surface area contributed by atoms with Crippen LogP contribution in [0, 0.1) is 0 Å². The fourth-order valence-corrected chi connectivity index (χ4v) is 2.19. The maximum Gasteiger partial charge on any atom is 0.119 e. The van der Waals surface area contributed by atoms with Gasteiger partial charge in [0.15, 0.2) is 0 Å². The second-order valence-corrected chi connectivity index (χ2v) is 4.90. The van der Waals surface area contributed by atoms with Crippen molar-refractivity contribution in [3.8, 4) is 11.5 Å². The molecule has 0 aromatic heterocycles. The molecule has 1 atom stereocenters. The van der Waals surface area contributed by atoms with E-state index in [0.29, 0.717) is 6.61 Å². The van der Waals surface area contributed by atoms with E-state index in [2.05, 4.69) is 0 Å². The van der Waals surface area contributed by atoms with Crippen LogP contribution in [0.1, 0.15) is 25.0 Å². The van der Waals surface area contributed by atoms with Gasteiger partial charge in [0.2, 0.25) is 0 Å². The first-order valence-electron chi connectivity index (χ1n) is 6.74. The largest absolute Gasteiger partial charge is 0.497 e. The molecule has 106 valence electrons. The van der Waals surface area contributed by atoms with Gasteiger partial charge in [-0.25, -0.2) is 0 Å². The highest BCUT2D eigenvalue weighted by atomic mass is 16.5. The molecular formula is C17H21NO2. The Kier molecular flexibility index (Phi) is 4.30. The molecule has 3 nitrogen and oxygen atoms in total. The molecule has 3 heteroatoms. The molecule has 0 bridgehead atoms. The fraction of sp³-hybridized carbons (Fsp3) is 0.294. The van der Waals surface area contributed by atoms with E-state index in [4.69, 9.17) is 15.2 Å². The Hall–Kier alpha value is -2.00. The molecule has 0 fully saturated rings. The second kappa shape index (κ2) is 5.97. The van der Waals surface area contributed by atoms with Gasteiger partial charge in [-0.3, -0.25) is 0 Å². The molecule has 0 saturated carbocycles. The summed E-state index contributed by atoms with van der Waals surface area (Å²) < 4.78 is 10.8. The van der Waals surface area contributed by atoms with Crippen molar-refractivity contribution in [3.63, 3.8) is 0 Å². The highest BCUT2D eigenvalue weighted by Gasteiger charge is 2.24. The summed E-state index contributed by atoms with van der Waals surface area (Å²) in [6, 6.07) is 15.7. The van der Waals surface area contributed by atoms with Crippen LogP contribution in [0.2, 0.25) is 0 Å². The van der Waals surface area contributed by atoms with Gasteiger partial charge >= 0.3 is 0 Å². The molecule has 1 unspecified atom stereocenters. The van der Waals surface area contributed by atoms with Crippen molar-refractivity contribution < 1.29 is 9.47 Å². The average Bonchev–Trinajstić information content (AvgIpc) is 2.48. The van der Waals surface area contributed by atoms with E-state index in [9.17, 15) is 0 Å². The van der Waals surface area contributed by atoms with E-state index < -0.39 is 5.54 Å². The highest BCUT2D eigenvalue weighted by Crippen LogP contribution is 2.30. The van der Waals surface area contributed by atoms with Gasteiger partial charge in [0.1, 0.15) is 11.5 Å². The fourth-order valence-electron chi connectivity index (χ4n) is 2.19. The predicted octanol–water partition coefficient (Wildman–Crippen LogP) is 3.32. The molecule has 0 aliphatic carbocycles. The number of benzene rings is 2. The maximum absolute atomic E-state index is 6.54. The van der Waals surface area contributed by atoms with Crippen molar-refractivity contribution in [2.45, 2.75) is 19.4 Å². The molecule has 0 heterocycles. The minimum Gasteiger partial charge on any atom is -0.497 e. The average molecular weight is 271 g/mol. The second-order valence-electron chi connectivity index (χ2n) is 4.90. The van der Waals surface area contributed by atoms with Crippen LogP contribution in [0.3, 0.4) is 0 Å². The minimum absolute atomic E-state index is 0.596. The monoisotopic (exact) mass is 271 g/mol. The van der Waals surface area contributed by atoms with Gasteiger partial charge in [0.05, 0.1) is 19.3 Å². The maximum atomic E-state index is 6.54. The number of methoxy groups -OCH3 is 1. The molecular weight excluding hydrogens is 250 g/mol. The molecule has 20 heavy (non-hydrogen) atoms. The highest BCUT2D eigenvalue weighted by molar-refractivity contribution is 5.43. The van der Waals surface area contributed by atoms with E-state index in [1.165, 1.54) is 0 Å². The van der Waals surface area contributed by atoms with E-state index in [1.807, 2.05) is 62.4 Å². The normalized spacial score (nSPS) is 13.6. The first-order chi connectivity index (χ1) is 9.57. The van der Waals surface area contributed by atoms with Crippen molar-refractivity contribution in [2.75, 3.05) is 13.7 Å². The molecule has 0 radical (unpaired) electrons. The van der Waals surface area contributed by atoms with Gasteiger partial charge in [0, 0.05) is 0 Å². The molecule has 0 aliphatic rings. The van der Waals surface area contributed by atoms with Crippen molar-refractivity contribution in [2.24, 2.45) is 5.73 Å². The van der Waals surface area contributed by atoms with Crippen LogP contribution >= 0.6 is 0 Å². The minimum atomic E-state index is -0.596. The molecule has 2 aromatic carbocycles. The number of rotatable bonds is 5. The Labute approximate surface area is 120 Å². The van der Waals surface area contributed by atoms with Crippen LogP contribution < -0.4 is 15.2 Å². The zero-order valence-electron chi connectivity index (χ0n) is 12.2. The van der Waals surface area contributed by atoms with Crippen LogP contribution in [0.15, 0.2) is 48.5 Å². The summed E-state index contributed by atoms with van der Waals surface area (Å²) in [5.74, 6) is 1.64.